The lowest BCUT2D eigenvalue weighted by Gasteiger charge is -2.20. The first-order chi connectivity index (χ1) is 27.8. The van der Waals surface area contributed by atoms with Crippen molar-refractivity contribution >= 4 is 35.7 Å². The Hall–Kier alpha value is -4.82. The van der Waals surface area contributed by atoms with Crippen molar-refractivity contribution in [3.05, 3.63) is 71.9 Å². The molecule has 4 fully saturated rings. The van der Waals surface area contributed by atoms with Crippen LogP contribution in [0.3, 0.4) is 0 Å². The van der Waals surface area contributed by atoms with E-state index >= 15 is 0 Å². The van der Waals surface area contributed by atoms with Gasteiger partial charge in [-0.15, -0.1) is 0 Å². The Bertz CT molecular complexity index is 1670. The van der Waals surface area contributed by atoms with E-state index in [4.69, 9.17) is 28.4 Å². The van der Waals surface area contributed by atoms with E-state index in [0.717, 1.165) is 86.8 Å². The van der Waals surface area contributed by atoms with Gasteiger partial charge in [0.05, 0.1) is 11.2 Å². The molecule has 0 radical (unpaired) electrons. The predicted molar refractivity (Wildman–Crippen MR) is 209 cm³/mol. The molecular weight excluding hydrogens is 748 g/mol. The first-order valence-electron chi connectivity index (χ1n) is 20.5. The van der Waals surface area contributed by atoms with Gasteiger partial charge in [-0.1, -0.05) is 38.2 Å². The van der Waals surface area contributed by atoms with Crippen molar-refractivity contribution in [3.63, 3.8) is 0 Å². The molecule has 14 heteroatoms. The van der Waals surface area contributed by atoms with Crippen molar-refractivity contribution in [1.82, 2.24) is 10.6 Å². The molecule has 4 heterocycles. The molecule has 0 aromatic rings. The van der Waals surface area contributed by atoms with Gasteiger partial charge in [0.15, 0.2) is 0 Å². The number of allylic oxidation sites excluding steroid dienone is 2. The highest BCUT2D eigenvalue weighted by molar-refractivity contribution is 5.95. The van der Waals surface area contributed by atoms with Gasteiger partial charge in [-0.25, -0.2) is 19.2 Å². The highest BCUT2D eigenvalue weighted by atomic mass is 16.7. The van der Waals surface area contributed by atoms with Crippen LogP contribution in [-0.4, -0.2) is 97.6 Å². The molecule has 2 amide bonds. The summed E-state index contributed by atoms with van der Waals surface area (Å²) in [6, 6.07) is 0. The lowest BCUT2D eigenvalue weighted by Crippen LogP contribution is -2.29. The first kappa shape index (κ1) is 42.8. The molecule has 8 atom stereocenters. The number of carbonyl (C=O) groups is 6. The number of carbonyl (C=O) groups excluding carboxylic acids is 6. The van der Waals surface area contributed by atoms with E-state index in [-0.39, 0.29) is 72.6 Å². The normalized spacial score (nSPS) is 33.5. The summed E-state index contributed by atoms with van der Waals surface area (Å²) in [6.07, 6.45) is 16.3. The van der Waals surface area contributed by atoms with Gasteiger partial charge in [0, 0.05) is 60.4 Å². The molecule has 6 aliphatic rings. The van der Waals surface area contributed by atoms with Crippen molar-refractivity contribution in [2.45, 2.75) is 127 Å². The van der Waals surface area contributed by atoms with E-state index in [1.54, 1.807) is 0 Å². The summed E-state index contributed by atoms with van der Waals surface area (Å²) >= 11 is 0. The van der Waals surface area contributed by atoms with Gasteiger partial charge < -0.3 is 39.1 Å². The zero-order chi connectivity index (χ0) is 41.5. The SMILES string of the molecule is C=C1C(=O)O[C@H]2[C@H]1CC/C(COC(=O)/C=C/C(=O)NCCCCCCNC(=O)/C=C/C(=O)OC/C1=C/CC[C@@]3(C)O[C@H]3[C@H]3OC(=O)C(=C)[C@@H]3CC1)=C\CC[C@@]1(C)O[C@@H]21. The van der Waals surface area contributed by atoms with Crippen molar-refractivity contribution in [2.24, 2.45) is 11.8 Å². The van der Waals surface area contributed by atoms with Crippen LogP contribution in [0.1, 0.15) is 90.9 Å². The second kappa shape index (κ2) is 18.8. The molecule has 0 unspecified atom stereocenters. The Kier molecular flexibility index (Phi) is 13.9. The summed E-state index contributed by atoms with van der Waals surface area (Å²) in [7, 11) is 0. The molecule has 4 aliphatic heterocycles. The van der Waals surface area contributed by atoms with Crippen molar-refractivity contribution in [1.29, 1.82) is 0 Å². The van der Waals surface area contributed by atoms with Crippen LogP contribution in [0.25, 0.3) is 0 Å². The smallest absolute Gasteiger partial charge is 0.334 e. The molecule has 0 aromatic heterocycles. The number of rotatable bonds is 15. The van der Waals surface area contributed by atoms with Gasteiger partial charge >= 0.3 is 23.9 Å². The minimum absolute atomic E-state index is 0.0878. The van der Waals surface area contributed by atoms with E-state index < -0.39 is 23.8 Å². The van der Waals surface area contributed by atoms with Gasteiger partial charge in [0.25, 0.3) is 0 Å². The number of ether oxygens (including phenoxy) is 6. The molecule has 314 valence electrons. The van der Waals surface area contributed by atoms with E-state index in [9.17, 15) is 28.8 Å². The maximum Gasteiger partial charge on any atom is 0.334 e. The standard InChI is InChI=1S/C44H56N2O12/c1-27-31-15-13-29(11-9-21-43(3)39(57-43)37(31)55-41(27)51)25-53-35(49)19-17-33(47)45-23-7-5-6-8-24-46-34(48)18-20-36(50)54-26-30-12-10-22-44(4)40(58-44)38-32(16-14-30)28(2)42(52)56-38/h11-12,17-20,31-32,37-40H,1-2,5-10,13-16,21-26H2,3-4H3,(H,45,47)(H,46,48)/b19-17+,20-18+,29-11+,30-12+/t31-,32-,37-,38-,39-,40-,43+,44+/m0/s1. The Morgan fingerprint density at radius 2 is 1.10 bits per heavy atom. The number of fused-ring (bicyclic) bond motifs is 6. The molecule has 2 N–H and O–H groups in total. The molecule has 0 aromatic carbocycles. The average Bonchev–Trinajstić information content (AvgIpc) is 4.01. The third kappa shape index (κ3) is 11.0. The van der Waals surface area contributed by atoms with E-state index in [2.05, 4.69) is 35.9 Å². The van der Waals surface area contributed by atoms with Gasteiger partial charge in [-0.05, 0) is 89.2 Å². The highest BCUT2D eigenvalue weighted by Crippen LogP contribution is 2.51. The third-order valence-corrected chi connectivity index (χ3v) is 12.1. The minimum Gasteiger partial charge on any atom is -0.458 e. The van der Waals surface area contributed by atoms with E-state index in [1.165, 1.54) is 0 Å². The number of esters is 4. The summed E-state index contributed by atoms with van der Waals surface area (Å²) in [5, 5.41) is 5.50. The second-order valence-corrected chi connectivity index (χ2v) is 16.5. The minimum atomic E-state index is -0.623. The van der Waals surface area contributed by atoms with Crippen LogP contribution in [0.5, 0.6) is 0 Å². The third-order valence-electron chi connectivity index (χ3n) is 12.1. The number of hydrogen-bond donors (Lipinski definition) is 2. The molecule has 58 heavy (non-hydrogen) atoms. The van der Waals surface area contributed by atoms with Crippen LogP contribution >= 0.6 is 0 Å². The summed E-state index contributed by atoms with van der Waals surface area (Å²) in [5.74, 6) is -3.08. The van der Waals surface area contributed by atoms with Gasteiger partial charge in [-0.3, -0.25) is 9.59 Å². The summed E-state index contributed by atoms with van der Waals surface area (Å²) in [5.41, 5.74) is 2.10. The van der Waals surface area contributed by atoms with Crippen LogP contribution in [0.15, 0.2) is 71.9 Å². The van der Waals surface area contributed by atoms with Crippen LogP contribution in [0, 0.1) is 11.8 Å². The number of epoxide rings is 2. The van der Waals surface area contributed by atoms with E-state index in [1.807, 2.05) is 13.8 Å². The van der Waals surface area contributed by atoms with Gasteiger partial charge in [0.1, 0.15) is 37.6 Å². The zero-order valence-corrected chi connectivity index (χ0v) is 33.6. The molecule has 0 saturated carbocycles. The average molecular weight is 805 g/mol. The molecule has 6 rings (SSSR count). The van der Waals surface area contributed by atoms with Crippen LogP contribution < -0.4 is 10.6 Å². The summed E-state index contributed by atoms with van der Waals surface area (Å²) < 4.78 is 33.9. The van der Waals surface area contributed by atoms with Gasteiger partial charge in [-0.2, -0.15) is 0 Å². The molecule has 0 bridgehead atoms. The maximum atomic E-state index is 12.4. The molecular formula is C44H56N2O12. The number of amides is 2. The Balaban J connectivity index is 0.788. The maximum absolute atomic E-state index is 12.4. The van der Waals surface area contributed by atoms with Crippen LogP contribution in [-0.2, 0) is 57.2 Å². The summed E-state index contributed by atoms with van der Waals surface area (Å²) in [4.78, 5) is 73.5. The molecule has 0 spiro atoms. The zero-order valence-electron chi connectivity index (χ0n) is 33.6. The molecule has 4 saturated heterocycles. The van der Waals surface area contributed by atoms with Crippen molar-refractivity contribution < 1.29 is 57.2 Å². The fourth-order valence-corrected chi connectivity index (χ4v) is 8.36. The molecule has 14 nitrogen and oxygen atoms in total. The number of nitrogens with one attached hydrogen (secondary N) is 2. The molecule has 2 aliphatic carbocycles. The van der Waals surface area contributed by atoms with E-state index in [0.29, 0.717) is 49.9 Å². The van der Waals surface area contributed by atoms with Crippen LogP contribution in [0.2, 0.25) is 0 Å². The first-order valence-corrected chi connectivity index (χ1v) is 20.5. The van der Waals surface area contributed by atoms with Crippen molar-refractivity contribution in [3.8, 4) is 0 Å². The fourth-order valence-electron chi connectivity index (χ4n) is 8.36. The summed E-state index contributed by atoms with van der Waals surface area (Å²) in [6.45, 7) is 12.9. The lowest BCUT2D eigenvalue weighted by atomic mass is 9.84. The predicted octanol–water partition coefficient (Wildman–Crippen LogP) is 4.49. The topological polar surface area (TPSA) is 188 Å². The van der Waals surface area contributed by atoms with Gasteiger partial charge in [0.2, 0.25) is 11.8 Å². The monoisotopic (exact) mass is 804 g/mol. The Morgan fingerprint density at radius 3 is 1.52 bits per heavy atom. The van der Waals surface area contributed by atoms with Crippen molar-refractivity contribution in [2.75, 3.05) is 26.3 Å². The number of unbranched alkanes of at least 4 members (excludes halogenated alkanes) is 3. The number of hydrogen-bond acceptors (Lipinski definition) is 12. The van der Waals surface area contributed by atoms with Crippen LogP contribution in [0.4, 0.5) is 0 Å². The lowest BCUT2D eigenvalue weighted by molar-refractivity contribution is -0.140. The quantitative estimate of drug-likeness (QED) is 0.0591. The fraction of sp³-hybridized carbons (Fsp3) is 0.591. The Morgan fingerprint density at radius 1 is 0.690 bits per heavy atom. The second-order valence-electron chi connectivity index (χ2n) is 16.5. The highest BCUT2D eigenvalue weighted by Gasteiger charge is 2.62. The largest absolute Gasteiger partial charge is 0.458 e. The Labute approximate surface area is 339 Å².